The number of aromatic nitrogens is 8. The van der Waals surface area contributed by atoms with Crippen molar-refractivity contribution in [3.63, 3.8) is 0 Å². The number of fused-ring (bicyclic) bond motifs is 2. The van der Waals surface area contributed by atoms with E-state index in [9.17, 15) is 38.1 Å². The molecule has 0 radical (unpaired) electrons. The Balaban J connectivity index is 0.000000344. The Hall–Kier alpha value is -9.23. The number of nitrogens with one attached hydrogen (secondary N) is 1. The summed E-state index contributed by atoms with van der Waals surface area (Å²) in [6, 6.07) is 30.5. The number of nitrogens with two attached hydrogens (primary N) is 5. The molecule has 8 rings (SSSR count). The van der Waals surface area contributed by atoms with Crippen molar-refractivity contribution >= 4 is 112 Å². The zero-order chi connectivity index (χ0) is 71.1. The smallest absolute Gasteiger partial charge is 0.376 e. The second kappa shape index (κ2) is 38.2. The van der Waals surface area contributed by atoms with Crippen LogP contribution in [0.1, 0.15) is 85.5 Å². The summed E-state index contributed by atoms with van der Waals surface area (Å²) in [5.41, 5.74) is 33.7. The van der Waals surface area contributed by atoms with Gasteiger partial charge in [-0.25, -0.2) is 38.7 Å². The number of nitrogens with zero attached hydrogens (tertiary/aromatic N) is 10. The second-order valence-corrected chi connectivity index (χ2v) is 40.3. The lowest BCUT2D eigenvalue weighted by Gasteiger charge is -2.21. The van der Waals surface area contributed by atoms with Crippen LogP contribution in [-0.4, -0.2) is 146 Å². The summed E-state index contributed by atoms with van der Waals surface area (Å²) in [6.07, 6.45) is 5.50. The average molecular weight is 1440 g/mol. The zero-order valence-electron chi connectivity index (χ0n) is 55.8. The molecule has 0 saturated heterocycles. The number of carbonyl (C=O) groups excluding carboxylic acids is 3. The van der Waals surface area contributed by atoms with E-state index in [1.807, 2.05) is 23.9 Å². The molecule has 0 aliphatic carbocycles. The summed E-state index contributed by atoms with van der Waals surface area (Å²) in [4.78, 5) is 106. The van der Waals surface area contributed by atoms with Gasteiger partial charge in [-0.05, 0) is 111 Å². The van der Waals surface area contributed by atoms with E-state index in [0.29, 0.717) is 103 Å². The van der Waals surface area contributed by atoms with Crippen molar-refractivity contribution in [3.05, 3.63) is 144 Å². The van der Waals surface area contributed by atoms with Crippen LogP contribution in [0.15, 0.2) is 122 Å². The molecule has 4 atom stereocenters. The highest BCUT2D eigenvalue weighted by Crippen LogP contribution is 2.44. The van der Waals surface area contributed by atoms with E-state index >= 15 is 0 Å². The summed E-state index contributed by atoms with van der Waals surface area (Å²) in [7, 11) is -6.52. The molecule has 0 saturated carbocycles. The van der Waals surface area contributed by atoms with Crippen molar-refractivity contribution in [1.82, 2.24) is 45.2 Å². The van der Waals surface area contributed by atoms with Crippen LogP contribution in [-0.2, 0) is 41.3 Å². The van der Waals surface area contributed by atoms with Gasteiger partial charge in [-0.2, -0.15) is 19.9 Å². The lowest BCUT2D eigenvalue weighted by Crippen LogP contribution is -2.42. The van der Waals surface area contributed by atoms with Crippen LogP contribution in [0.5, 0.6) is 11.5 Å². The number of unbranched alkanes of at least 4 members (excludes halogenated alkanes) is 2. The van der Waals surface area contributed by atoms with Crippen LogP contribution in [0.2, 0.25) is 51.4 Å². The highest BCUT2D eigenvalue weighted by Gasteiger charge is 2.27. The minimum Gasteiger partial charge on any atom is -0.478 e. The first-order valence-corrected chi connectivity index (χ1v) is 42.1. The molecule has 0 bridgehead atoms. The van der Waals surface area contributed by atoms with Crippen LogP contribution in [0.4, 0.5) is 34.9 Å². The number of ether oxygens (including phenoxy) is 2. The normalized spacial score (nSPS) is 12.9. The number of carbonyl (C=O) groups is 4. The van der Waals surface area contributed by atoms with Gasteiger partial charge in [0.2, 0.25) is 11.9 Å². The second-order valence-electron chi connectivity index (χ2n) is 25.2. The van der Waals surface area contributed by atoms with Gasteiger partial charge < -0.3 is 77.2 Å². The molecular weight excluding hydrogens is 1340 g/mol. The third kappa shape index (κ3) is 28.6. The third-order valence-electron chi connectivity index (χ3n) is 14.4. The number of carboxylic acid groups (broad SMARTS) is 1. The molecule has 14 N–H and O–H groups in total. The Bertz CT molecular complexity index is 4020. The van der Waals surface area contributed by atoms with E-state index < -0.39 is 67.2 Å². The first kappa shape index (κ1) is 82.2. The van der Waals surface area contributed by atoms with Gasteiger partial charge in [0.1, 0.15) is 23.6 Å². The fourth-order valence-electron chi connectivity index (χ4n) is 8.96. The van der Waals surface area contributed by atoms with Gasteiger partial charge in [0, 0.05) is 47.2 Å². The summed E-state index contributed by atoms with van der Waals surface area (Å²) >= 11 is 0. The van der Waals surface area contributed by atoms with Gasteiger partial charge in [-0.1, -0.05) is 103 Å². The predicted molar refractivity (Wildman–Crippen MR) is 394 cm³/mol. The minimum atomic E-state index is -3.89. The van der Waals surface area contributed by atoms with Crippen molar-refractivity contribution in [2.45, 2.75) is 130 Å². The minimum absolute atomic E-state index is 0. The Labute approximate surface area is 580 Å². The van der Waals surface area contributed by atoms with Crippen molar-refractivity contribution in [1.29, 1.82) is 0 Å². The van der Waals surface area contributed by atoms with Crippen molar-refractivity contribution in [2.75, 3.05) is 72.4 Å². The lowest BCUT2D eigenvalue weighted by molar-refractivity contribution is -0.146. The monoisotopic (exact) mass is 1440 g/mol. The number of hydrogen-bond acceptors (Lipinski definition) is 25. The molecule has 0 fully saturated rings. The maximum Gasteiger partial charge on any atom is 0.376 e. The van der Waals surface area contributed by atoms with Crippen LogP contribution >= 0.6 is 15.2 Å². The van der Waals surface area contributed by atoms with E-state index in [0.717, 1.165) is 23.5 Å². The Morgan fingerprint density at radius 3 is 1.34 bits per heavy atom. The number of anilines is 6. The topological polar surface area (TPSA) is 452 Å². The number of aromatic carboxylic acids is 1. The first-order chi connectivity index (χ1) is 45.7. The molecule has 4 aromatic carbocycles. The Morgan fingerprint density at radius 1 is 0.545 bits per heavy atom. The average Bonchev–Trinajstić information content (AvgIpc) is 0.813. The number of nitrogen functional groups attached to an aromatic ring is 4. The van der Waals surface area contributed by atoms with E-state index in [4.69, 9.17) is 52.3 Å². The first-order valence-electron chi connectivity index (χ1n) is 31.2. The predicted octanol–water partition coefficient (Wildman–Crippen LogP) is 10.5. The van der Waals surface area contributed by atoms with E-state index in [1.165, 1.54) is 0 Å². The fraction of sp³-hybridized carbons (Fsp3) is 0.394. The van der Waals surface area contributed by atoms with Crippen molar-refractivity contribution in [3.8, 4) is 11.5 Å². The molecule has 4 heterocycles. The van der Waals surface area contributed by atoms with E-state index in [-0.39, 0.29) is 69.3 Å². The molecule has 2 unspecified atom stereocenters. The van der Waals surface area contributed by atoms with Crippen LogP contribution in [0.25, 0.3) is 22.3 Å². The van der Waals surface area contributed by atoms with Crippen LogP contribution in [0.3, 0.4) is 0 Å². The van der Waals surface area contributed by atoms with Crippen LogP contribution < -0.4 is 52.8 Å². The van der Waals surface area contributed by atoms with Gasteiger partial charge >= 0.3 is 33.1 Å². The van der Waals surface area contributed by atoms with E-state index in [2.05, 4.69) is 84.5 Å². The molecule has 0 aliphatic rings. The number of rotatable bonds is 31. The standard InChI is InChI=1S/C32H43N8O6PSi.C17H30NO5PSi.C15H15N7O2.2CH4/c1-40(21-23-20-35-29-27(36-23)28(33)38-32(34)39-29)24-15-13-22(14-16-24)30(41)37-26(31(42)45-17-19-48(2,3)4)12-8-9-18-47(43,44)46-25-10-6-5-7-11-25;1-25(2,3)14-12-22-17(19)16(18)11-7-8-13-24(20,21)23-15-9-5-4-6-10-15;1-22(10-4-2-8(3-5-10)14(23)24)7-9-6-18-13-11(19-9)12(16)20-15(17)21-13;;/h5-7,10-11,13-16,20,26H,8-9,12,17-19,21H2,1-4H3,(H,37,41)(H,43,44)(H4,33,34,35,38,39);4-6,9-10,16H,7-8,11-14,18H2,1-3H3,(H,20,21);2-6H,7H2,1H3,(H,23,24)(H4,16,17,18,20,21);2*1H4/t26-;16-;;;/m00.../s1. The van der Waals surface area contributed by atoms with Crippen LogP contribution in [0, 0.1) is 0 Å². The Kier molecular flexibility index (Phi) is 31.7. The van der Waals surface area contributed by atoms with Gasteiger partial charge in [0.15, 0.2) is 34.0 Å². The highest BCUT2D eigenvalue weighted by molar-refractivity contribution is 7.53. The SMILES string of the molecule is C.C.CN(Cc1cnc2nc(N)nc(N)c2n1)c1ccc(C(=O)N[C@@H](CCCCP(=O)(O)Oc2ccccc2)C(=O)OCC[Si](C)(C)C)cc1.CN(Cc1cnc2nc(N)nc(N)c2n1)c1ccc(C(=O)O)cc1.C[Si](C)(C)CCOC(=O)[C@@H](N)CCCCP(=O)(O)Oc1ccccc1. The maximum atomic E-state index is 13.3. The molecule has 33 heteroatoms. The lowest BCUT2D eigenvalue weighted by atomic mass is 10.1. The largest absolute Gasteiger partial charge is 0.478 e. The third-order valence-corrected chi connectivity index (χ3v) is 20.5. The zero-order valence-corrected chi connectivity index (χ0v) is 59.6. The van der Waals surface area contributed by atoms with Gasteiger partial charge in [-0.15, -0.1) is 0 Å². The van der Waals surface area contributed by atoms with Gasteiger partial charge in [0.05, 0.1) is 68.0 Å². The maximum absolute atomic E-state index is 13.3. The van der Waals surface area contributed by atoms with Gasteiger partial charge in [0.25, 0.3) is 5.91 Å². The number of carboxylic acids is 1. The summed E-state index contributed by atoms with van der Waals surface area (Å²) in [5.74, 6) is -1.24. The number of hydrogen-bond donors (Lipinski definition) is 9. The number of para-hydroxylation sites is 2. The van der Waals surface area contributed by atoms with Crippen molar-refractivity contribution in [2.24, 2.45) is 5.73 Å². The van der Waals surface area contributed by atoms with E-state index in [1.54, 1.807) is 122 Å². The molecule has 99 heavy (non-hydrogen) atoms. The molecule has 29 nitrogen and oxygen atoms in total. The molecule has 0 aliphatic heterocycles. The summed E-state index contributed by atoms with van der Waals surface area (Å²) in [6.45, 7) is 14.7. The Morgan fingerprint density at radius 2 is 0.939 bits per heavy atom. The molecule has 4 aromatic heterocycles. The molecular formula is C66H96N16O13P2Si2. The number of esters is 2. The molecule has 8 aromatic rings. The number of benzene rings is 4. The molecule has 536 valence electrons. The van der Waals surface area contributed by atoms with Crippen molar-refractivity contribution < 1.29 is 61.7 Å². The van der Waals surface area contributed by atoms with Gasteiger partial charge in [-0.3, -0.25) is 9.59 Å². The fourth-order valence-corrected chi connectivity index (χ4v) is 12.7. The molecule has 1 amide bonds. The number of amides is 1. The highest BCUT2D eigenvalue weighted by atomic mass is 31.2. The summed E-state index contributed by atoms with van der Waals surface area (Å²) in [5, 5.41) is 11.7. The molecule has 0 spiro atoms. The summed E-state index contributed by atoms with van der Waals surface area (Å²) < 4.78 is 45.7. The quantitative estimate of drug-likeness (QED) is 0.00843.